The fourth-order valence-corrected chi connectivity index (χ4v) is 4.70. The van der Waals surface area contributed by atoms with Gasteiger partial charge in [0.25, 0.3) is 0 Å². The Morgan fingerprint density at radius 3 is 2.00 bits per heavy atom. The minimum absolute atomic E-state index is 0.0272. The average molecular weight is 206 g/mol. The predicted octanol–water partition coefficient (Wildman–Crippen LogP) is 3.14. The van der Waals surface area contributed by atoms with E-state index in [0.29, 0.717) is 11.8 Å². The van der Waals surface area contributed by atoms with Crippen LogP contribution in [-0.2, 0) is 0 Å². The van der Waals surface area contributed by atoms with Gasteiger partial charge in [0.1, 0.15) is 0 Å². The minimum Gasteiger partial charge on any atom is -0.393 e. The van der Waals surface area contributed by atoms with Crippen LogP contribution < -0.4 is 0 Å². The van der Waals surface area contributed by atoms with Gasteiger partial charge in [0.15, 0.2) is 0 Å². The Morgan fingerprint density at radius 1 is 1.00 bits per heavy atom. The molecule has 0 aromatic heterocycles. The Morgan fingerprint density at radius 2 is 1.53 bits per heavy atom. The third-order valence-electron chi connectivity index (χ3n) is 5.15. The zero-order valence-corrected chi connectivity index (χ0v) is 9.87. The second-order valence-electron chi connectivity index (χ2n) is 5.99. The first-order chi connectivity index (χ1) is 7.20. The molecule has 0 amide bonds. The van der Waals surface area contributed by atoms with E-state index >= 15 is 0 Å². The molecule has 0 aliphatic heterocycles. The van der Waals surface area contributed by atoms with E-state index in [2.05, 4.69) is 13.8 Å². The van der Waals surface area contributed by atoms with Crippen LogP contribution in [0.3, 0.4) is 0 Å². The first-order valence-electron chi connectivity index (χ1n) is 6.55. The highest BCUT2D eigenvalue weighted by molar-refractivity contribution is 5.27. The number of rotatable bonds is 0. The largest absolute Gasteiger partial charge is 0.393 e. The molecule has 0 aromatic rings. The summed E-state index contributed by atoms with van der Waals surface area (Å²) >= 11 is 0. The molecule has 3 aliphatic carbocycles. The highest BCUT2D eigenvalue weighted by Gasteiger charge is 2.51. The summed E-state index contributed by atoms with van der Waals surface area (Å²) in [5.74, 6) is 2.69. The Kier molecular flexibility index (Phi) is 2.21. The third kappa shape index (κ3) is 1.25. The second-order valence-corrected chi connectivity index (χ2v) is 5.99. The number of aliphatic hydroxyl groups is 1. The van der Waals surface area contributed by atoms with Gasteiger partial charge in [0, 0.05) is 0 Å². The van der Waals surface area contributed by atoms with Gasteiger partial charge >= 0.3 is 0 Å². The van der Waals surface area contributed by atoms with E-state index in [0.717, 1.165) is 11.8 Å². The molecular weight excluding hydrogens is 184 g/mol. The molecule has 15 heavy (non-hydrogen) atoms. The molecule has 1 N–H and O–H groups in total. The molecule has 4 bridgehead atoms. The van der Waals surface area contributed by atoms with Gasteiger partial charge < -0.3 is 5.11 Å². The van der Waals surface area contributed by atoms with E-state index in [1.165, 1.54) is 32.1 Å². The molecule has 4 atom stereocenters. The van der Waals surface area contributed by atoms with E-state index in [-0.39, 0.29) is 6.10 Å². The number of allylic oxidation sites excluding steroid dienone is 2. The van der Waals surface area contributed by atoms with Crippen molar-refractivity contribution in [1.82, 2.24) is 0 Å². The van der Waals surface area contributed by atoms with Crippen LogP contribution in [0.2, 0.25) is 0 Å². The molecule has 3 aliphatic rings. The van der Waals surface area contributed by atoms with Crippen LogP contribution in [0.1, 0.15) is 46.0 Å². The van der Waals surface area contributed by atoms with Crippen LogP contribution in [-0.4, -0.2) is 11.2 Å². The van der Waals surface area contributed by atoms with E-state index in [1.807, 2.05) is 0 Å². The topological polar surface area (TPSA) is 20.2 Å². The second kappa shape index (κ2) is 3.35. The lowest BCUT2D eigenvalue weighted by atomic mass is 9.61. The van der Waals surface area contributed by atoms with E-state index in [1.54, 1.807) is 11.1 Å². The van der Waals surface area contributed by atoms with Crippen LogP contribution >= 0.6 is 0 Å². The molecule has 0 saturated heterocycles. The quantitative estimate of drug-likeness (QED) is 0.604. The van der Waals surface area contributed by atoms with Crippen molar-refractivity contribution in [2.24, 2.45) is 23.7 Å². The smallest absolute Gasteiger partial charge is 0.0607 e. The van der Waals surface area contributed by atoms with Crippen LogP contribution in [0, 0.1) is 23.7 Å². The highest BCUT2D eigenvalue weighted by Crippen LogP contribution is 2.57. The van der Waals surface area contributed by atoms with Crippen molar-refractivity contribution >= 4 is 0 Å². The van der Waals surface area contributed by atoms with Crippen molar-refractivity contribution in [2.75, 3.05) is 0 Å². The van der Waals surface area contributed by atoms with Crippen molar-refractivity contribution < 1.29 is 5.11 Å². The molecule has 4 unspecified atom stereocenters. The number of aliphatic hydroxyl groups excluding tert-OH is 1. The summed E-state index contributed by atoms with van der Waals surface area (Å²) in [5.41, 5.74) is 3.29. The van der Waals surface area contributed by atoms with Gasteiger partial charge in [-0.25, -0.2) is 0 Å². The number of hydrogen-bond donors (Lipinski definition) is 1. The summed E-state index contributed by atoms with van der Waals surface area (Å²) in [4.78, 5) is 0. The summed E-state index contributed by atoms with van der Waals surface area (Å²) in [6, 6.07) is 0. The lowest BCUT2D eigenvalue weighted by Gasteiger charge is -2.46. The molecule has 3 saturated carbocycles. The zero-order valence-electron chi connectivity index (χ0n) is 9.87. The standard InChI is InChI=1S/C14H22O/c1-8(2)13-9-6-7-10(13)12-5-3-4-11(9)14(12)15/h9-12,14-15H,3-7H2,1-2H3. The molecule has 84 valence electrons. The molecule has 3 rings (SSSR count). The van der Waals surface area contributed by atoms with Gasteiger partial charge in [-0.1, -0.05) is 17.6 Å². The van der Waals surface area contributed by atoms with Crippen LogP contribution in [0.4, 0.5) is 0 Å². The van der Waals surface area contributed by atoms with Crippen LogP contribution in [0.5, 0.6) is 0 Å². The van der Waals surface area contributed by atoms with Gasteiger partial charge in [-0.3, -0.25) is 0 Å². The molecular formula is C14H22O. The van der Waals surface area contributed by atoms with Gasteiger partial charge in [0.05, 0.1) is 6.10 Å². The number of fused-ring (bicyclic) bond motifs is 6. The van der Waals surface area contributed by atoms with Gasteiger partial charge in [0.2, 0.25) is 0 Å². The molecule has 0 aromatic carbocycles. The summed E-state index contributed by atoms with van der Waals surface area (Å²) in [5, 5.41) is 10.3. The van der Waals surface area contributed by atoms with Crippen molar-refractivity contribution in [3.8, 4) is 0 Å². The molecule has 0 heterocycles. The Bertz CT molecular complexity index is 278. The Labute approximate surface area is 92.6 Å². The lowest BCUT2D eigenvalue weighted by Crippen LogP contribution is -2.44. The summed E-state index contributed by atoms with van der Waals surface area (Å²) < 4.78 is 0. The maximum absolute atomic E-state index is 10.3. The molecule has 3 fully saturated rings. The van der Waals surface area contributed by atoms with Gasteiger partial charge in [-0.2, -0.15) is 0 Å². The summed E-state index contributed by atoms with van der Waals surface area (Å²) in [6.07, 6.45) is 6.62. The van der Waals surface area contributed by atoms with Crippen molar-refractivity contribution in [3.05, 3.63) is 11.1 Å². The maximum atomic E-state index is 10.3. The van der Waals surface area contributed by atoms with E-state index < -0.39 is 0 Å². The Hall–Kier alpha value is -0.300. The van der Waals surface area contributed by atoms with Crippen molar-refractivity contribution in [1.29, 1.82) is 0 Å². The minimum atomic E-state index is 0.0272. The van der Waals surface area contributed by atoms with Crippen LogP contribution in [0.25, 0.3) is 0 Å². The first kappa shape index (κ1) is 9.89. The van der Waals surface area contributed by atoms with Crippen molar-refractivity contribution in [3.63, 3.8) is 0 Å². The third-order valence-corrected chi connectivity index (χ3v) is 5.15. The molecule has 1 nitrogen and oxygen atoms in total. The van der Waals surface area contributed by atoms with E-state index in [4.69, 9.17) is 0 Å². The average Bonchev–Trinajstić information content (AvgIpc) is 2.57. The Balaban J connectivity index is 2.04. The normalized spacial score (nSPS) is 48.2. The van der Waals surface area contributed by atoms with Gasteiger partial charge in [-0.15, -0.1) is 0 Å². The molecule has 0 spiro atoms. The highest BCUT2D eigenvalue weighted by atomic mass is 16.3. The van der Waals surface area contributed by atoms with Gasteiger partial charge in [-0.05, 0) is 63.2 Å². The fourth-order valence-electron chi connectivity index (χ4n) is 4.70. The summed E-state index contributed by atoms with van der Waals surface area (Å²) in [6.45, 7) is 4.54. The molecule has 1 heteroatoms. The summed E-state index contributed by atoms with van der Waals surface area (Å²) in [7, 11) is 0. The maximum Gasteiger partial charge on any atom is 0.0607 e. The fraction of sp³-hybridized carbons (Fsp3) is 0.857. The van der Waals surface area contributed by atoms with Crippen LogP contribution in [0.15, 0.2) is 11.1 Å². The lowest BCUT2D eigenvalue weighted by molar-refractivity contribution is -0.0287. The predicted molar refractivity (Wildman–Crippen MR) is 61.4 cm³/mol. The SMILES string of the molecule is CC(C)=C1C2CCC1C1CCCC2C1O. The molecule has 0 radical (unpaired) electrons. The van der Waals surface area contributed by atoms with E-state index in [9.17, 15) is 5.11 Å². The van der Waals surface area contributed by atoms with Crippen molar-refractivity contribution in [2.45, 2.75) is 52.1 Å². The first-order valence-corrected chi connectivity index (χ1v) is 6.55. The number of hydrogen-bond acceptors (Lipinski definition) is 1. The zero-order chi connectivity index (χ0) is 10.6. The monoisotopic (exact) mass is 206 g/mol.